The van der Waals surface area contributed by atoms with E-state index < -0.39 is 0 Å². The Morgan fingerprint density at radius 2 is 1.95 bits per heavy atom. The van der Waals surface area contributed by atoms with E-state index in [4.69, 9.17) is 0 Å². The van der Waals surface area contributed by atoms with Crippen molar-refractivity contribution in [3.63, 3.8) is 0 Å². The predicted molar refractivity (Wildman–Crippen MR) is 83.6 cm³/mol. The van der Waals surface area contributed by atoms with Gasteiger partial charge in [-0.05, 0) is 43.4 Å². The maximum atomic E-state index is 3.54. The lowest BCUT2D eigenvalue weighted by Crippen LogP contribution is -2.20. The molecular weight excluding hydrogens is 230 g/mol. The summed E-state index contributed by atoms with van der Waals surface area (Å²) in [5.41, 5.74) is 3.18. The number of hydrogen-bond donors (Lipinski definition) is 1. The van der Waals surface area contributed by atoms with Gasteiger partial charge in [-0.1, -0.05) is 63.3 Å². The van der Waals surface area contributed by atoms with Crippen LogP contribution in [0, 0.1) is 0 Å². The molecular formula is C18H29N. The van der Waals surface area contributed by atoms with Crippen molar-refractivity contribution in [2.75, 3.05) is 7.05 Å². The van der Waals surface area contributed by atoms with Gasteiger partial charge in [0.15, 0.2) is 0 Å². The molecule has 0 aliphatic heterocycles. The molecule has 0 saturated heterocycles. The van der Waals surface area contributed by atoms with Crippen LogP contribution in [0.25, 0.3) is 0 Å². The maximum absolute atomic E-state index is 3.54. The molecule has 1 fully saturated rings. The van der Waals surface area contributed by atoms with Crippen LogP contribution >= 0.6 is 0 Å². The van der Waals surface area contributed by atoms with Crippen molar-refractivity contribution in [3.8, 4) is 0 Å². The third kappa shape index (κ3) is 3.82. The minimum Gasteiger partial charge on any atom is -0.313 e. The summed E-state index contributed by atoms with van der Waals surface area (Å²) in [7, 11) is 2.11. The summed E-state index contributed by atoms with van der Waals surface area (Å²) in [6.07, 6.45) is 10.9. The minimum absolute atomic E-state index is 0.550. The van der Waals surface area contributed by atoms with Crippen molar-refractivity contribution < 1.29 is 0 Å². The van der Waals surface area contributed by atoms with E-state index in [1.165, 1.54) is 51.4 Å². The van der Waals surface area contributed by atoms with Gasteiger partial charge in [0, 0.05) is 6.04 Å². The number of benzene rings is 1. The smallest absolute Gasteiger partial charge is 0.0320 e. The summed E-state index contributed by atoms with van der Waals surface area (Å²) in [5.74, 6) is 0.836. The fourth-order valence-corrected chi connectivity index (χ4v) is 3.15. The van der Waals surface area contributed by atoms with E-state index >= 15 is 0 Å². The Bertz CT molecular complexity index is 368. The SMILES string of the molecule is CCCCCCC(NC)c1ccccc1C1CCC1. The molecule has 1 saturated carbocycles. The molecule has 106 valence electrons. The normalized spacial score (nSPS) is 17.2. The molecule has 0 amide bonds. The van der Waals surface area contributed by atoms with Crippen molar-refractivity contribution in [2.45, 2.75) is 70.3 Å². The highest BCUT2D eigenvalue weighted by atomic mass is 14.9. The number of hydrogen-bond acceptors (Lipinski definition) is 1. The fraction of sp³-hybridized carbons (Fsp3) is 0.667. The van der Waals surface area contributed by atoms with Crippen LogP contribution in [-0.4, -0.2) is 7.05 Å². The van der Waals surface area contributed by atoms with Crippen molar-refractivity contribution in [2.24, 2.45) is 0 Å². The van der Waals surface area contributed by atoms with Gasteiger partial charge in [0.2, 0.25) is 0 Å². The molecule has 0 aromatic heterocycles. The van der Waals surface area contributed by atoms with E-state index in [-0.39, 0.29) is 0 Å². The molecule has 0 bridgehead atoms. The lowest BCUT2D eigenvalue weighted by atomic mass is 9.77. The second-order valence-electron chi connectivity index (χ2n) is 5.95. The van der Waals surface area contributed by atoms with Crippen LogP contribution in [0.5, 0.6) is 0 Å². The Morgan fingerprint density at radius 3 is 2.58 bits per heavy atom. The topological polar surface area (TPSA) is 12.0 Å². The summed E-state index contributed by atoms with van der Waals surface area (Å²) in [6, 6.07) is 9.66. The Hall–Kier alpha value is -0.820. The highest BCUT2D eigenvalue weighted by Crippen LogP contribution is 2.40. The molecule has 1 unspecified atom stereocenters. The highest BCUT2D eigenvalue weighted by molar-refractivity contribution is 5.34. The average Bonchev–Trinajstić information content (AvgIpc) is 2.38. The first kappa shape index (κ1) is 14.6. The predicted octanol–water partition coefficient (Wildman–Crippen LogP) is 5.19. The van der Waals surface area contributed by atoms with Gasteiger partial charge in [0.05, 0.1) is 0 Å². The molecule has 0 radical (unpaired) electrons. The molecule has 0 heterocycles. The Kier molecular flexibility index (Phi) is 5.91. The third-order valence-corrected chi connectivity index (χ3v) is 4.61. The second kappa shape index (κ2) is 7.69. The van der Waals surface area contributed by atoms with E-state index in [0.717, 1.165) is 5.92 Å². The Morgan fingerprint density at radius 1 is 1.16 bits per heavy atom. The molecule has 1 heteroatoms. The third-order valence-electron chi connectivity index (χ3n) is 4.61. The molecule has 1 aromatic rings. The number of nitrogens with one attached hydrogen (secondary N) is 1. The van der Waals surface area contributed by atoms with Gasteiger partial charge in [-0.25, -0.2) is 0 Å². The van der Waals surface area contributed by atoms with Crippen LogP contribution in [-0.2, 0) is 0 Å². The first-order valence-corrected chi connectivity index (χ1v) is 8.13. The number of rotatable bonds is 8. The van der Waals surface area contributed by atoms with Gasteiger partial charge < -0.3 is 5.32 Å². The zero-order valence-corrected chi connectivity index (χ0v) is 12.6. The Labute approximate surface area is 118 Å². The van der Waals surface area contributed by atoms with Crippen LogP contribution in [0.1, 0.15) is 81.4 Å². The monoisotopic (exact) mass is 259 g/mol. The first-order valence-electron chi connectivity index (χ1n) is 8.13. The van der Waals surface area contributed by atoms with E-state index in [2.05, 4.69) is 43.6 Å². The molecule has 19 heavy (non-hydrogen) atoms. The van der Waals surface area contributed by atoms with Gasteiger partial charge in [-0.15, -0.1) is 0 Å². The van der Waals surface area contributed by atoms with Crippen molar-refractivity contribution >= 4 is 0 Å². The van der Waals surface area contributed by atoms with Gasteiger partial charge >= 0.3 is 0 Å². The Balaban J connectivity index is 2.00. The molecule has 1 aliphatic carbocycles. The lowest BCUT2D eigenvalue weighted by molar-refractivity contribution is 0.409. The highest BCUT2D eigenvalue weighted by Gasteiger charge is 2.24. The molecule has 1 nitrogen and oxygen atoms in total. The zero-order chi connectivity index (χ0) is 13.5. The summed E-state index contributed by atoms with van der Waals surface area (Å²) in [4.78, 5) is 0. The molecule has 1 atom stereocenters. The van der Waals surface area contributed by atoms with E-state index in [0.29, 0.717) is 6.04 Å². The summed E-state index contributed by atoms with van der Waals surface area (Å²) in [6.45, 7) is 2.28. The van der Waals surface area contributed by atoms with Gasteiger partial charge in [0.1, 0.15) is 0 Å². The van der Waals surface area contributed by atoms with Crippen molar-refractivity contribution in [1.82, 2.24) is 5.32 Å². The van der Waals surface area contributed by atoms with Gasteiger partial charge in [-0.3, -0.25) is 0 Å². The summed E-state index contributed by atoms with van der Waals surface area (Å²) < 4.78 is 0. The standard InChI is InChI=1S/C18H29N/c1-3-4-5-6-14-18(19-2)17-13-8-7-12-16(17)15-10-9-11-15/h7-8,12-13,15,18-19H,3-6,9-11,14H2,1-2H3. The first-order chi connectivity index (χ1) is 9.36. The molecule has 0 spiro atoms. The quantitative estimate of drug-likeness (QED) is 0.634. The average molecular weight is 259 g/mol. The second-order valence-corrected chi connectivity index (χ2v) is 5.95. The van der Waals surface area contributed by atoms with E-state index in [1.54, 1.807) is 11.1 Å². The van der Waals surface area contributed by atoms with Crippen LogP contribution in [0.15, 0.2) is 24.3 Å². The zero-order valence-electron chi connectivity index (χ0n) is 12.6. The molecule has 2 rings (SSSR count). The number of unbranched alkanes of at least 4 members (excludes halogenated alkanes) is 3. The fourth-order valence-electron chi connectivity index (χ4n) is 3.15. The van der Waals surface area contributed by atoms with Crippen LogP contribution in [0.2, 0.25) is 0 Å². The molecule has 1 aromatic carbocycles. The van der Waals surface area contributed by atoms with Gasteiger partial charge in [-0.2, -0.15) is 0 Å². The molecule has 1 aliphatic rings. The van der Waals surface area contributed by atoms with Crippen LogP contribution < -0.4 is 5.32 Å². The maximum Gasteiger partial charge on any atom is 0.0320 e. The lowest BCUT2D eigenvalue weighted by Gasteiger charge is -2.30. The summed E-state index contributed by atoms with van der Waals surface area (Å²) in [5, 5.41) is 3.54. The largest absolute Gasteiger partial charge is 0.313 e. The van der Waals surface area contributed by atoms with E-state index in [1.807, 2.05) is 0 Å². The van der Waals surface area contributed by atoms with Crippen molar-refractivity contribution in [1.29, 1.82) is 0 Å². The van der Waals surface area contributed by atoms with Crippen LogP contribution in [0.4, 0.5) is 0 Å². The molecule has 1 N–H and O–H groups in total. The van der Waals surface area contributed by atoms with Gasteiger partial charge in [0.25, 0.3) is 0 Å². The van der Waals surface area contributed by atoms with Crippen molar-refractivity contribution in [3.05, 3.63) is 35.4 Å². The minimum atomic E-state index is 0.550. The summed E-state index contributed by atoms with van der Waals surface area (Å²) >= 11 is 0. The van der Waals surface area contributed by atoms with Crippen LogP contribution in [0.3, 0.4) is 0 Å². The van der Waals surface area contributed by atoms with E-state index in [9.17, 15) is 0 Å².